The van der Waals surface area contributed by atoms with Gasteiger partial charge in [-0.2, -0.15) is 0 Å². The molecule has 3 nitrogen and oxygen atoms in total. The molecule has 0 unspecified atom stereocenters. The van der Waals surface area contributed by atoms with Crippen LogP contribution in [0, 0.1) is 0 Å². The van der Waals surface area contributed by atoms with Crippen LogP contribution >= 0.6 is 11.3 Å². The van der Waals surface area contributed by atoms with E-state index in [4.69, 9.17) is 5.73 Å². The highest BCUT2D eigenvalue weighted by molar-refractivity contribution is 7.12. The van der Waals surface area contributed by atoms with Crippen LogP contribution in [-0.4, -0.2) is 29.9 Å². The van der Waals surface area contributed by atoms with Gasteiger partial charge < -0.3 is 10.6 Å². The first-order chi connectivity index (χ1) is 9.75. The van der Waals surface area contributed by atoms with Crippen LogP contribution in [0.3, 0.4) is 0 Å². The lowest BCUT2D eigenvalue weighted by Gasteiger charge is -2.30. The van der Waals surface area contributed by atoms with Crippen molar-refractivity contribution in [2.24, 2.45) is 5.73 Å². The number of amides is 1. The molecule has 20 heavy (non-hydrogen) atoms. The Bertz CT molecular complexity index is 586. The molecule has 104 valence electrons. The molecule has 3 rings (SSSR count). The van der Waals surface area contributed by atoms with Crippen LogP contribution in [0.2, 0.25) is 0 Å². The zero-order valence-corrected chi connectivity index (χ0v) is 12.1. The summed E-state index contributed by atoms with van der Waals surface area (Å²) in [5.41, 5.74) is 8.04. The third-order valence-electron chi connectivity index (χ3n) is 3.77. The predicted molar refractivity (Wildman–Crippen MR) is 82.9 cm³/mol. The second-order valence-corrected chi connectivity index (χ2v) is 6.08. The first-order valence-electron chi connectivity index (χ1n) is 6.93. The number of nitrogens with zero attached hydrogens (tertiary/aromatic N) is 1. The van der Waals surface area contributed by atoms with Gasteiger partial charge in [-0.1, -0.05) is 30.3 Å². The number of likely N-dealkylation sites (tertiary alicyclic amines) is 1. The maximum absolute atomic E-state index is 12.7. The van der Waals surface area contributed by atoms with E-state index in [-0.39, 0.29) is 11.9 Å². The minimum Gasteiger partial charge on any atom is -0.338 e. The number of carbonyl (C=O) groups excluding carboxylic acids is 1. The van der Waals surface area contributed by atoms with Gasteiger partial charge in [0, 0.05) is 24.7 Å². The number of benzene rings is 1. The van der Waals surface area contributed by atoms with Crippen molar-refractivity contribution < 1.29 is 4.79 Å². The minimum absolute atomic E-state index is 0.144. The van der Waals surface area contributed by atoms with Crippen LogP contribution in [0.5, 0.6) is 0 Å². The van der Waals surface area contributed by atoms with Crippen molar-refractivity contribution in [1.82, 2.24) is 4.90 Å². The summed E-state index contributed by atoms with van der Waals surface area (Å²) in [5.74, 6) is 0.144. The molecular weight excluding hydrogens is 268 g/mol. The Labute approximate surface area is 123 Å². The normalized spacial score (nSPS) is 16.4. The fraction of sp³-hybridized carbons (Fsp3) is 0.312. The summed E-state index contributed by atoms with van der Waals surface area (Å²) in [6, 6.07) is 12.4. The van der Waals surface area contributed by atoms with E-state index < -0.39 is 0 Å². The fourth-order valence-electron chi connectivity index (χ4n) is 2.57. The van der Waals surface area contributed by atoms with Crippen LogP contribution < -0.4 is 5.73 Å². The first kappa shape index (κ1) is 13.3. The summed E-state index contributed by atoms with van der Waals surface area (Å²) >= 11 is 1.52. The Balaban J connectivity index is 1.85. The zero-order chi connectivity index (χ0) is 13.9. The largest absolute Gasteiger partial charge is 0.338 e. The van der Waals surface area contributed by atoms with E-state index in [2.05, 4.69) is 0 Å². The van der Waals surface area contributed by atoms with Gasteiger partial charge in [-0.3, -0.25) is 4.79 Å². The quantitative estimate of drug-likeness (QED) is 0.922. The average molecular weight is 286 g/mol. The van der Waals surface area contributed by atoms with Crippen molar-refractivity contribution in [3.63, 3.8) is 0 Å². The van der Waals surface area contributed by atoms with E-state index in [0.717, 1.165) is 41.9 Å². The molecule has 1 aromatic carbocycles. The molecule has 1 fully saturated rings. The Morgan fingerprint density at radius 3 is 2.55 bits per heavy atom. The van der Waals surface area contributed by atoms with Crippen LogP contribution in [-0.2, 0) is 0 Å². The minimum atomic E-state index is 0.144. The number of nitrogens with two attached hydrogens (primary N) is 1. The van der Waals surface area contributed by atoms with E-state index in [0.29, 0.717) is 0 Å². The molecule has 1 aromatic heterocycles. The van der Waals surface area contributed by atoms with Crippen molar-refractivity contribution in [2.75, 3.05) is 13.1 Å². The van der Waals surface area contributed by atoms with E-state index in [9.17, 15) is 4.79 Å². The van der Waals surface area contributed by atoms with Crippen LogP contribution in [0.25, 0.3) is 11.1 Å². The summed E-state index contributed by atoms with van der Waals surface area (Å²) in [5, 5.41) is 1.99. The number of piperidine rings is 1. The number of hydrogen-bond acceptors (Lipinski definition) is 3. The molecule has 0 atom stereocenters. The zero-order valence-electron chi connectivity index (χ0n) is 11.3. The van der Waals surface area contributed by atoms with Gasteiger partial charge >= 0.3 is 0 Å². The Hall–Kier alpha value is -1.65. The van der Waals surface area contributed by atoms with Crippen LogP contribution in [0.4, 0.5) is 0 Å². The molecule has 1 aliphatic rings. The summed E-state index contributed by atoms with van der Waals surface area (Å²) in [4.78, 5) is 15.4. The lowest BCUT2D eigenvalue weighted by Crippen LogP contribution is -2.42. The smallest absolute Gasteiger partial charge is 0.264 e. The molecule has 0 bridgehead atoms. The predicted octanol–water partition coefficient (Wildman–Crippen LogP) is 2.98. The number of hydrogen-bond donors (Lipinski definition) is 1. The summed E-state index contributed by atoms with van der Waals surface area (Å²) < 4.78 is 0. The molecule has 2 aromatic rings. The SMILES string of the molecule is NC1CCN(C(=O)c2sccc2-c2ccccc2)CC1. The van der Waals surface area contributed by atoms with Gasteiger partial charge in [0.2, 0.25) is 0 Å². The molecule has 0 aliphatic carbocycles. The molecule has 1 aliphatic heterocycles. The van der Waals surface area contributed by atoms with Crippen LogP contribution in [0.15, 0.2) is 41.8 Å². The molecular formula is C16H18N2OS. The van der Waals surface area contributed by atoms with E-state index in [1.165, 1.54) is 11.3 Å². The Kier molecular flexibility index (Phi) is 3.85. The number of thiophene rings is 1. The summed E-state index contributed by atoms with van der Waals surface area (Å²) in [6.07, 6.45) is 1.80. The Morgan fingerprint density at radius 1 is 1.15 bits per heavy atom. The highest BCUT2D eigenvalue weighted by Crippen LogP contribution is 2.29. The maximum Gasteiger partial charge on any atom is 0.264 e. The second-order valence-electron chi connectivity index (χ2n) is 5.16. The van der Waals surface area contributed by atoms with Gasteiger partial charge in [0.1, 0.15) is 0 Å². The monoisotopic (exact) mass is 286 g/mol. The average Bonchev–Trinajstić information content (AvgIpc) is 2.97. The van der Waals surface area contributed by atoms with Gasteiger partial charge in [-0.05, 0) is 29.9 Å². The maximum atomic E-state index is 12.7. The van der Waals surface area contributed by atoms with E-state index >= 15 is 0 Å². The van der Waals surface area contributed by atoms with Gasteiger partial charge in [-0.15, -0.1) is 11.3 Å². The van der Waals surface area contributed by atoms with Gasteiger partial charge in [0.25, 0.3) is 5.91 Å². The molecule has 0 saturated carbocycles. The van der Waals surface area contributed by atoms with Gasteiger partial charge in [0.05, 0.1) is 4.88 Å². The molecule has 4 heteroatoms. The number of rotatable bonds is 2. The molecule has 2 N–H and O–H groups in total. The lowest BCUT2D eigenvalue weighted by atomic mass is 10.0. The van der Waals surface area contributed by atoms with Crippen molar-refractivity contribution in [2.45, 2.75) is 18.9 Å². The van der Waals surface area contributed by atoms with Crippen molar-refractivity contribution in [3.05, 3.63) is 46.7 Å². The van der Waals surface area contributed by atoms with E-state index in [1.54, 1.807) is 0 Å². The highest BCUT2D eigenvalue weighted by Gasteiger charge is 2.24. The molecule has 0 radical (unpaired) electrons. The van der Waals surface area contributed by atoms with Crippen molar-refractivity contribution in [1.29, 1.82) is 0 Å². The lowest BCUT2D eigenvalue weighted by molar-refractivity contribution is 0.0720. The Morgan fingerprint density at radius 2 is 1.85 bits per heavy atom. The van der Waals surface area contributed by atoms with Crippen molar-refractivity contribution >= 4 is 17.2 Å². The van der Waals surface area contributed by atoms with Crippen molar-refractivity contribution in [3.8, 4) is 11.1 Å². The van der Waals surface area contributed by atoms with Gasteiger partial charge in [-0.25, -0.2) is 0 Å². The van der Waals surface area contributed by atoms with Crippen LogP contribution in [0.1, 0.15) is 22.5 Å². The first-order valence-corrected chi connectivity index (χ1v) is 7.81. The molecule has 1 saturated heterocycles. The molecule has 2 heterocycles. The molecule has 0 spiro atoms. The van der Waals surface area contributed by atoms with E-state index in [1.807, 2.05) is 46.7 Å². The standard InChI is InChI=1S/C16H18N2OS/c17-13-6-9-18(10-7-13)16(19)15-14(8-11-20-15)12-4-2-1-3-5-12/h1-5,8,11,13H,6-7,9-10,17H2. The highest BCUT2D eigenvalue weighted by atomic mass is 32.1. The summed E-state index contributed by atoms with van der Waals surface area (Å²) in [7, 11) is 0. The summed E-state index contributed by atoms with van der Waals surface area (Å²) in [6.45, 7) is 1.54. The third-order valence-corrected chi connectivity index (χ3v) is 4.67. The third kappa shape index (κ3) is 2.62. The topological polar surface area (TPSA) is 46.3 Å². The number of carbonyl (C=O) groups is 1. The molecule has 1 amide bonds. The van der Waals surface area contributed by atoms with Gasteiger partial charge in [0.15, 0.2) is 0 Å². The second kappa shape index (κ2) is 5.77. The fourth-order valence-corrected chi connectivity index (χ4v) is 3.45.